The lowest BCUT2D eigenvalue weighted by atomic mass is 10.1. The average molecular weight is 284 g/mol. The van der Waals surface area contributed by atoms with Gasteiger partial charge in [0, 0.05) is 42.9 Å². The molecule has 0 unspecified atom stereocenters. The predicted octanol–water partition coefficient (Wildman–Crippen LogP) is 1.70. The van der Waals surface area contributed by atoms with Gasteiger partial charge >= 0.3 is 0 Å². The van der Waals surface area contributed by atoms with Crippen LogP contribution in [0, 0.1) is 0 Å². The van der Waals surface area contributed by atoms with Crippen molar-refractivity contribution in [3.05, 3.63) is 23.8 Å². The van der Waals surface area contributed by atoms with Crippen LogP contribution in [-0.2, 0) is 11.3 Å². The first-order valence-electron chi connectivity index (χ1n) is 6.57. The zero-order chi connectivity index (χ0) is 14.1. The number of thioether (sulfide) groups is 1. The summed E-state index contributed by atoms with van der Waals surface area (Å²) in [6, 6.07) is 6.21. The van der Waals surface area contributed by atoms with Crippen molar-refractivity contribution >= 4 is 17.4 Å². The van der Waals surface area contributed by atoms with Gasteiger partial charge in [-0.1, -0.05) is 13.0 Å². The third-order valence-corrected chi connectivity index (χ3v) is 3.87. The van der Waals surface area contributed by atoms with E-state index in [0.29, 0.717) is 19.7 Å². The van der Waals surface area contributed by atoms with Gasteiger partial charge < -0.3 is 20.5 Å². The second-order valence-electron chi connectivity index (χ2n) is 4.09. The molecule has 0 amide bonds. The predicted molar refractivity (Wildman–Crippen MR) is 81.9 cm³/mol. The lowest BCUT2D eigenvalue weighted by molar-refractivity contribution is 0.203. The Bertz CT molecular complexity index is 374. The highest BCUT2D eigenvalue weighted by Gasteiger charge is 2.13. The van der Waals surface area contributed by atoms with Gasteiger partial charge in [-0.25, -0.2) is 0 Å². The molecule has 0 fully saturated rings. The van der Waals surface area contributed by atoms with Crippen LogP contribution in [-0.4, -0.2) is 44.3 Å². The van der Waals surface area contributed by atoms with E-state index in [1.165, 1.54) is 4.90 Å². The Morgan fingerprint density at radius 2 is 2.16 bits per heavy atom. The van der Waals surface area contributed by atoms with Crippen LogP contribution in [0.5, 0.6) is 0 Å². The fourth-order valence-corrected chi connectivity index (χ4v) is 2.87. The number of methoxy groups -OCH3 is 1. The maximum Gasteiger partial charge on any atom is 0.0637 e. The maximum absolute atomic E-state index is 9.21. The molecular formula is C14H24N2O2S. The second kappa shape index (κ2) is 9.20. The molecule has 1 aromatic rings. The minimum Gasteiger partial charge on any atom is -0.395 e. The zero-order valence-corrected chi connectivity index (χ0v) is 12.6. The number of anilines is 1. The van der Waals surface area contributed by atoms with Crippen molar-refractivity contribution < 1.29 is 9.84 Å². The van der Waals surface area contributed by atoms with E-state index in [1.54, 1.807) is 18.9 Å². The Kier molecular flexibility index (Phi) is 7.90. The van der Waals surface area contributed by atoms with Gasteiger partial charge in [0.25, 0.3) is 0 Å². The molecule has 0 aliphatic carbocycles. The molecule has 3 N–H and O–H groups in total. The van der Waals surface area contributed by atoms with Crippen molar-refractivity contribution in [1.29, 1.82) is 0 Å². The summed E-state index contributed by atoms with van der Waals surface area (Å²) in [4.78, 5) is 3.36. The molecule has 5 heteroatoms. The van der Waals surface area contributed by atoms with E-state index >= 15 is 0 Å². The van der Waals surface area contributed by atoms with Crippen LogP contribution in [0.2, 0.25) is 0 Å². The van der Waals surface area contributed by atoms with Gasteiger partial charge in [-0.05, 0) is 17.9 Å². The number of benzene rings is 1. The second-order valence-corrected chi connectivity index (χ2v) is 5.40. The van der Waals surface area contributed by atoms with E-state index in [1.807, 2.05) is 6.07 Å². The highest BCUT2D eigenvalue weighted by Crippen LogP contribution is 2.30. The number of aliphatic hydroxyl groups is 1. The third kappa shape index (κ3) is 4.69. The molecule has 0 aliphatic heterocycles. The van der Waals surface area contributed by atoms with Crippen LogP contribution in [0.1, 0.15) is 12.5 Å². The first-order chi connectivity index (χ1) is 9.28. The Morgan fingerprint density at radius 1 is 1.37 bits per heavy atom. The number of nitrogens with two attached hydrogens (primary N) is 1. The fourth-order valence-electron chi connectivity index (χ4n) is 2.02. The highest BCUT2D eigenvalue weighted by atomic mass is 32.2. The molecule has 108 valence electrons. The van der Waals surface area contributed by atoms with Crippen LogP contribution < -0.4 is 10.6 Å². The van der Waals surface area contributed by atoms with E-state index in [-0.39, 0.29) is 6.61 Å². The lowest BCUT2D eigenvalue weighted by Gasteiger charge is -2.27. The molecule has 0 saturated carbocycles. The van der Waals surface area contributed by atoms with Gasteiger partial charge in [0.2, 0.25) is 0 Å². The van der Waals surface area contributed by atoms with Crippen LogP contribution in [0.15, 0.2) is 23.1 Å². The maximum atomic E-state index is 9.21. The summed E-state index contributed by atoms with van der Waals surface area (Å²) in [7, 11) is 1.68. The molecule has 0 aliphatic rings. The molecule has 1 aromatic carbocycles. The van der Waals surface area contributed by atoms with Gasteiger partial charge in [-0.2, -0.15) is 0 Å². The van der Waals surface area contributed by atoms with Gasteiger partial charge in [-0.3, -0.25) is 0 Å². The molecule has 0 aromatic heterocycles. The molecule has 4 nitrogen and oxygen atoms in total. The smallest absolute Gasteiger partial charge is 0.0637 e. The molecule has 0 atom stereocenters. The number of hydrogen-bond donors (Lipinski definition) is 2. The number of aliphatic hydroxyl groups excluding tert-OH is 1. The summed E-state index contributed by atoms with van der Waals surface area (Å²) in [5.41, 5.74) is 8.17. The van der Waals surface area contributed by atoms with Crippen molar-refractivity contribution in [3.8, 4) is 0 Å². The standard InChI is InChI=1S/C14H24N2O2S/c1-3-19-14-6-4-5-13(12(14)11-15)16(7-9-17)8-10-18-2/h4-6,17H,3,7-11,15H2,1-2H3. The van der Waals surface area contributed by atoms with Gasteiger partial charge in [0.15, 0.2) is 0 Å². The van der Waals surface area contributed by atoms with Crippen molar-refractivity contribution in [2.45, 2.75) is 18.4 Å². The van der Waals surface area contributed by atoms with E-state index in [9.17, 15) is 5.11 Å². The van der Waals surface area contributed by atoms with E-state index in [4.69, 9.17) is 10.5 Å². The number of rotatable bonds is 9. The third-order valence-electron chi connectivity index (χ3n) is 2.89. The Hall–Kier alpha value is -0.750. The van der Waals surface area contributed by atoms with E-state index in [0.717, 1.165) is 23.5 Å². The molecule has 0 heterocycles. The first-order valence-corrected chi connectivity index (χ1v) is 7.56. The summed E-state index contributed by atoms with van der Waals surface area (Å²) in [6.45, 7) is 4.75. The lowest BCUT2D eigenvalue weighted by Crippen LogP contribution is -2.31. The van der Waals surface area contributed by atoms with Crippen LogP contribution in [0.4, 0.5) is 5.69 Å². The van der Waals surface area contributed by atoms with Crippen molar-refractivity contribution in [3.63, 3.8) is 0 Å². The normalized spacial score (nSPS) is 10.7. The first kappa shape index (κ1) is 16.3. The molecule has 1 rings (SSSR count). The minimum atomic E-state index is 0.124. The van der Waals surface area contributed by atoms with Crippen LogP contribution in [0.25, 0.3) is 0 Å². The molecular weight excluding hydrogens is 260 g/mol. The molecule has 0 radical (unpaired) electrons. The average Bonchev–Trinajstić information content (AvgIpc) is 2.43. The van der Waals surface area contributed by atoms with Crippen LogP contribution >= 0.6 is 11.8 Å². The van der Waals surface area contributed by atoms with Gasteiger partial charge in [0.05, 0.1) is 13.2 Å². The molecule has 19 heavy (non-hydrogen) atoms. The Balaban J connectivity index is 3.02. The molecule has 0 bridgehead atoms. The number of hydrogen-bond acceptors (Lipinski definition) is 5. The number of nitrogens with zero attached hydrogens (tertiary/aromatic N) is 1. The zero-order valence-electron chi connectivity index (χ0n) is 11.8. The summed E-state index contributed by atoms with van der Waals surface area (Å²) in [6.07, 6.45) is 0. The van der Waals surface area contributed by atoms with Crippen molar-refractivity contribution in [2.75, 3.05) is 44.1 Å². The quantitative estimate of drug-likeness (QED) is 0.676. The van der Waals surface area contributed by atoms with E-state index in [2.05, 4.69) is 24.0 Å². The van der Waals surface area contributed by atoms with Gasteiger partial charge in [0.1, 0.15) is 0 Å². The summed E-state index contributed by atoms with van der Waals surface area (Å²) in [5.74, 6) is 1.02. The fraction of sp³-hybridized carbons (Fsp3) is 0.571. The summed E-state index contributed by atoms with van der Waals surface area (Å²) < 4.78 is 5.13. The van der Waals surface area contributed by atoms with Crippen molar-refractivity contribution in [1.82, 2.24) is 0 Å². The molecule has 0 saturated heterocycles. The Morgan fingerprint density at radius 3 is 2.74 bits per heavy atom. The largest absolute Gasteiger partial charge is 0.395 e. The summed E-state index contributed by atoms with van der Waals surface area (Å²) >= 11 is 1.80. The monoisotopic (exact) mass is 284 g/mol. The highest BCUT2D eigenvalue weighted by molar-refractivity contribution is 7.99. The van der Waals surface area contributed by atoms with Crippen LogP contribution in [0.3, 0.4) is 0 Å². The van der Waals surface area contributed by atoms with E-state index < -0.39 is 0 Å². The SMILES string of the molecule is CCSc1cccc(N(CCO)CCOC)c1CN. The topological polar surface area (TPSA) is 58.7 Å². The van der Waals surface area contributed by atoms with Crippen molar-refractivity contribution in [2.24, 2.45) is 5.73 Å². The summed E-state index contributed by atoms with van der Waals surface area (Å²) in [5, 5.41) is 9.21. The van der Waals surface area contributed by atoms with Gasteiger partial charge in [-0.15, -0.1) is 11.8 Å². The molecule has 0 spiro atoms. The minimum absolute atomic E-state index is 0.124. The Labute approximate surface area is 119 Å². The number of ether oxygens (including phenoxy) is 1.